The molecule has 1 aliphatic carbocycles. The minimum absolute atomic E-state index is 0.0289. The van der Waals surface area contributed by atoms with Crippen LogP contribution in [0.1, 0.15) is 60.6 Å². The number of Topliss-reactive ketones (excluding diaryl/α,β-unsaturated/α-hetero) is 2. The quantitative estimate of drug-likeness (QED) is 0.200. The van der Waals surface area contributed by atoms with E-state index in [2.05, 4.69) is 20.4 Å². The lowest BCUT2D eigenvalue weighted by Crippen LogP contribution is -2.41. The summed E-state index contributed by atoms with van der Waals surface area (Å²) in [6, 6.07) is 3.05. The largest absolute Gasteiger partial charge is 0.507 e. The second-order valence-corrected chi connectivity index (χ2v) is 11.0. The molecular weight excluding hydrogens is 548 g/mol. The second kappa shape index (κ2) is 10.5. The second-order valence-electron chi connectivity index (χ2n) is 10.1. The van der Waals surface area contributed by atoms with Crippen molar-refractivity contribution in [2.45, 2.75) is 45.6 Å². The summed E-state index contributed by atoms with van der Waals surface area (Å²) in [5.74, 6) is -1.36. The summed E-state index contributed by atoms with van der Waals surface area (Å²) in [5.41, 5.74) is -0.892. The highest BCUT2D eigenvalue weighted by Gasteiger charge is 2.56. The first kappa shape index (κ1) is 28.1. The summed E-state index contributed by atoms with van der Waals surface area (Å²) < 4.78 is 11.4. The molecule has 5 rings (SSSR count). The molecule has 2 aliphatic rings. The number of phenolic OH excluding ortho intramolecular Hbond substituents is 2. The van der Waals surface area contributed by atoms with E-state index >= 15 is 0 Å². The monoisotopic (exact) mass is 576 g/mol. The fourth-order valence-electron chi connectivity index (χ4n) is 5.18. The number of fused-ring (bicyclic) bond motifs is 3. The molecule has 0 amide bonds. The zero-order valence-electron chi connectivity index (χ0n) is 23.1. The minimum Gasteiger partial charge on any atom is -0.507 e. The number of ether oxygens (including phenoxy) is 1. The number of hydrogen-bond donors (Lipinski definition) is 3. The molecule has 0 fully saturated rings. The molecule has 1 aliphatic heterocycles. The number of nitrogens with zero attached hydrogens (tertiary/aromatic N) is 3. The van der Waals surface area contributed by atoms with Crippen molar-refractivity contribution in [3.63, 3.8) is 0 Å². The molecule has 41 heavy (non-hydrogen) atoms. The Morgan fingerprint density at radius 2 is 1.98 bits per heavy atom. The Balaban J connectivity index is 1.56. The fourth-order valence-corrected chi connectivity index (χ4v) is 5.65. The third-order valence-corrected chi connectivity index (χ3v) is 8.06. The average Bonchev–Trinajstić information content (AvgIpc) is 3.54. The van der Waals surface area contributed by atoms with Crippen molar-refractivity contribution >= 4 is 29.1 Å². The maximum absolute atomic E-state index is 14.1. The highest BCUT2D eigenvalue weighted by molar-refractivity contribution is 7.98. The molecule has 3 N–H and O–H groups in total. The molecule has 0 bridgehead atoms. The number of pyridine rings is 1. The minimum atomic E-state index is -1.61. The molecule has 2 atom stereocenters. The first-order valence-electron chi connectivity index (χ1n) is 12.8. The summed E-state index contributed by atoms with van der Waals surface area (Å²) in [4.78, 5) is 48.5. The van der Waals surface area contributed by atoms with E-state index in [1.165, 1.54) is 26.8 Å². The van der Waals surface area contributed by atoms with Gasteiger partial charge >= 0.3 is 0 Å². The summed E-state index contributed by atoms with van der Waals surface area (Å²) in [5, 5.41) is 28.9. The van der Waals surface area contributed by atoms with Crippen LogP contribution in [0, 0.1) is 6.92 Å². The van der Waals surface area contributed by atoms with Crippen molar-refractivity contribution in [1.82, 2.24) is 20.4 Å². The van der Waals surface area contributed by atoms with Crippen LogP contribution in [0.4, 0.5) is 0 Å². The van der Waals surface area contributed by atoms with Crippen molar-refractivity contribution in [2.75, 3.05) is 12.0 Å². The van der Waals surface area contributed by atoms with Gasteiger partial charge in [0.15, 0.2) is 17.3 Å². The van der Waals surface area contributed by atoms with E-state index in [1.54, 1.807) is 43.2 Å². The van der Waals surface area contributed by atoms with Gasteiger partial charge in [0.05, 0.1) is 11.1 Å². The van der Waals surface area contributed by atoms with Crippen molar-refractivity contribution in [3.05, 3.63) is 70.2 Å². The van der Waals surface area contributed by atoms with E-state index in [4.69, 9.17) is 9.26 Å². The van der Waals surface area contributed by atoms with Gasteiger partial charge in [-0.1, -0.05) is 5.16 Å². The molecule has 3 heterocycles. The van der Waals surface area contributed by atoms with E-state index in [0.29, 0.717) is 17.8 Å². The molecule has 0 radical (unpaired) electrons. The van der Waals surface area contributed by atoms with Gasteiger partial charge in [0, 0.05) is 35.3 Å². The number of phenols is 2. The van der Waals surface area contributed by atoms with Crippen LogP contribution in [0.2, 0.25) is 0 Å². The van der Waals surface area contributed by atoms with Crippen molar-refractivity contribution in [1.29, 1.82) is 0 Å². The smallest absolute Gasteiger partial charge is 0.249 e. The maximum atomic E-state index is 14.1. The summed E-state index contributed by atoms with van der Waals surface area (Å²) in [6.07, 6.45) is 6.94. The van der Waals surface area contributed by atoms with E-state index in [0.717, 1.165) is 5.75 Å². The SMILES string of the molecule is CSCC[C@H](N/C(C)=C1\C(=O)C=C2Oc3c(C(C)=O)c(O)c(C)c(O)c3[C@@]2(C)C1=O)c1nc(-c2cccnc2)no1. The van der Waals surface area contributed by atoms with Crippen LogP contribution >= 0.6 is 11.8 Å². The van der Waals surface area contributed by atoms with Crippen LogP contribution < -0.4 is 10.1 Å². The van der Waals surface area contributed by atoms with E-state index in [1.807, 2.05) is 6.26 Å². The predicted molar refractivity (Wildman–Crippen MR) is 150 cm³/mol. The molecule has 3 aromatic rings. The van der Waals surface area contributed by atoms with Crippen LogP contribution in [-0.4, -0.2) is 54.7 Å². The Morgan fingerprint density at radius 3 is 2.63 bits per heavy atom. The number of allylic oxidation sites excluding steroid dienone is 4. The summed E-state index contributed by atoms with van der Waals surface area (Å²) in [7, 11) is 0. The van der Waals surface area contributed by atoms with Crippen molar-refractivity contribution in [3.8, 4) is 28.6 Å². The predicted octanol–water partition coefficient (Wildman–Crippen LogP) is 4.10. The number of ketones is 3. The van der Waals surface area contributed by atoms with Crippen molar-refractivity contribution < 1.29 is 33.9 Å². The average molecular weight is 577 g/mol. The molecule has 0 unspecified atom stereocenters. The van der Waals surface area contributed by atoms with Gasteiger partial charge in [-0.05, 0) is 58.3 Å². The number of rotatable bonds is 8. The lowest BCUT2D eigenvalue weighted by atomic mass is 9.70. The zero-order valence-corrected chi connectivity index (χ0v) is 23.9. The fraction of sp³-hybridized carbons (Fsp3) is 0.310. The lowest BCUT2D eigenvalue weighted by Gasteiger charge is -2.29. The third-order valence-electron chi connectivity index (χ3n) is 7.42. The molecular formula is C29H28N4O7S. The topological polar surface area (TPSA) is 165 Å². The van der Waals surface area contributed by atoms with E-state index in [9.17, 15) is 24.6 Å². The van der Waals surface area contributed by atoms with Gasteiger partial charge in [0.2, 0.25) is 11.7 Å². The van der Waals surface area contributed by atoms with Gasteiger partial charge in [-0.25, -0.2) is 0 Å². The normalized spacial score (nSPS) is 19.7. The Morgan fingerprint density at radius 1 is 1.22 bits per heavy atom. The number of aromatic nitrogens is 3. The van der Waals surface area contributed by atoms with Gasteiger partial charge in [0.1, 0.15) is 40.0 Å². The Bertz CT molecular complexity index is 1660. The lowest BCUT2D eigenvalue weighted by molar-refractivity contribution is -0.123. The van der Waals surface area contributed by atoms with Gasteiger partial charge < -0.3 is 24.8 Å². The number of aromatic hydroxyl groups is 2. The zero-order chi connectivity index (χ0) is 29.6. The molecule has 1 aromatic carbocycles. The highest BCUT2D eigenvalue weighted by Crippen LogP contribution is 2.57. The molecule has 0 spiro atoms. The Labute approximate surface area is 239 Å². The standard InChI is InChI=1S/C29H28N4O7S/c1-13-23(36)21(15(3)34)25-22(24(13)37)29(4)19(39-25)11-18(35)20(26(29)38)14(2)31-17(8-10-41-5)28-32-27(33-40-28)16-7-6-9-30-12-16/h6-7,9,11-12,17,31,36-37H,8,10H2,1-5H3/b20-14+/t17-,29-/m0/s1. The van der Waals surface area contributed by atoms with Crippen LogP contribution in [0.15, 0.2) is 52.2 Å². The van der Waals surface area contributed by atoms with E-state index < -0.39 is 34.6 Å². The number of hydrogen-bond acceptors (Lipinski definition) is 12. The maximum Gasteiger partial charge on any atom is 0.249 e. The first-order chi connectivity index (χ1) is 19.5. The molecule has 0 saturated heterocycles. The van der Waals surface area contributed by atoms with Gasteiger partial charge in [0.25, 0.3) is 0 Å². The first-order valence-corrected chi connectivity index (χ1v) is 14.2. The molecule has 0 saturated carbocycles. The van der Waals surface area contributed by atoms with Gasteiger partial charge in [-0.3, -0.25) is 19.4 Å². The molecule has 2 aromatic heterocycles. The third kappa shape index (κ3) is 4.48. The van der Waals surface area contributed by atoms with Crippen LogP contribution in [0.25, 0.3) is 11.4 Å². The highest BCUT2D eigenvalue weighted by atomic mass is 32.2. The number of nitrogens with one attached hydrogen (secondary N) is 1. The number of thioether (sulfide) groups is 1. The molecule has 11 nitrogen and oxygen atoms in total. The van der Waals surface area contributed by atoms with Crippen LogP contribution in [0.3, 0.4) is 0 Å². The molecule has 212 valence electrons. The number of benzene rings is 1. The summed E-state index contributed by atoms with van der Waals surface area (Å²) in [6.45, 7) is 5.81. The molecule has 12 heteroatoms. The summed E-state index contributed by atoms with van der Waals surface area (Å²) >= 11 is 1.61. The number of carbonyl (C=O) groups excluding carboxylic acids is 3. The van der Waals surface area contributed by atoms with Crippen LogP contribution in [-0.2, 0) is 15.0 Å². The Hall–Kier alpha value is -4.45. The van der Waals surface area contributed by atoms with Crippen LogP contribution in [0.5, 0.6) is 17.2 Å². The van der Waals surface area contributed by atoms with Gasteiger partial charge in [-0.2, -0.15) is 16.7 Å². The number of carbonyl (C=O) groups is 3. The van der Waals surface area contributed by atoms with Gasteiger partial charge in [-0.15, -0.1) is 0 Å². The van der Waals surface area contributed by atoms with E-state index in [-0.39, 0.29) is 51.1 Å². The Kier molecular flexibility index (Phi) is 7.20. The van der Waals surface area contributed by atoms with Crippen molar-refractivity contribution in [2.24, 2.45) is 0 Å².